The van der Waals surface area contributed by atoms with E-state index in [0.29, 0.717) is 6.42 Å². The third kappa shape index (κ3) is 5.90. The number of nitrogens with zero attached hydrogens (tertiary/aromatic N) is 2. The van der Waals surface area contributed by atoms with Crippen LogP contribution >= 0.6 is 16.1 Å². The lowest BCUT2D eigenvalue weighted by Gasteiger charge is -2.19. The Kier molecular flexibility index (Phi) is 7.99. The van der Waals surface area contributed by atoms with Gasteiger partial charge >= 0.3 is 21.8 Å². The zero-order valence-electron chi connectivity index (χ0n) is 16.5. The van der Waals surface area contributed by atoms with Gasteiger partial charge in [-0.1, -0.05) is 30.3 Å². The van der Waals surface area contributed by atoms with Crippen molar-refractivity contribution in [3.8, 4) is 0 Å². The monoisotopic (exact) mass is 492 g/mol. The number of rotatable bonds is 9. The Morgan fingerprint density at radius 3 is 2.47 bits per heavy atom. The highest BCUT2D eigenvalue weighted by Crippen LogP contribution is 2.51. The summed E-state index contributed by atoms with van der Waals surface area (Å²) >= 11 is 0. The van der Waals surface area contributed by atoms with Gasteiger partial charge in [-0.3, -0.25) is 23.0 Å². The van der Waals surface area contributed by atoms with Crippen LogP contribution in [0.4, 0.5) is 0 Å². The summed E-state index contributed by atoms with van der Waals surface area (Å²) in [6.45, 7) is -0.730. The van der Waals surface area contributed by atoms with E-state index in [1.165, 1.54) is 0 Å². The average molecular weight is 492 g/mol. The van der Waals surface area contributed by atoms with E-state index >= 15 is 0 Å². The van der Waals surface area contributed by atoms with E-state index in [1.54, 1.807) is 0 Å². The van der Waals surface area contributed by atoms with Gasteiger partial charge in [0.15, 0.2) is 6.23 Å². The third-order valence-corrected chi connectivity index (χ3v) is 6.79. The number of ether oxygens (including phenoxy) is 1. The van der Waals surface area contributed by atoms with Crippen LogP contribution in [-0.2, 0) is 35.7 Å². The molecule has 2 heterocycles. The maximum absolute atomic E-state index is 12.9. The van der Waals surface area contributed by atoms with Crippen LogP contribution in [-0.4, -0.2) is 54.1 Å². The first-order valence-corrected chi connectivity index (χ1v) is 12.1. The summed E-state index contributed by atoms with van der Waals surface area (Å²) in [7, 11) is -8.68. The Balaban J connectivity index is 1.76. The van der Waals surface area contributed by atoms with Crippen molar-refractivity contribution < 1.29 is 42.7 Å². The molecule has 1 aliphatic rings. The van der Waals surface area contributed by atoms with Crippen molar-refractivity contribution >= 4 is 16.1 Å². The van der Waals surface area contributed by atoms with Gasteiger partial charge in [-0.15, -0.1) is 0 Å². The molecule has 0 amide bonds. The van der Waals surface area contributed by atoms with Crippen LogP contribution in [0.25, 0.3) is 0 Å². The standard InChI is InChI=1S/C17H22N2O11P2/c20-13-7-9-19(17(23)18(13)8-6-11-4-2-1-3-5-11)16-15(22)14(21)12(29-16)10-28-32(26,27)30-31(24)25/h1-5,7,9,12,14-16,21-22,31H,6,8,10H2,(H,24,25)(H,26,27)/t12?,14?,15-,16?/m0/s1. The minimum Gasteiger partial charge on any atom is -0.387 e. The van der Waals surface area contributed by atoms with E-state index in [-0.39, 0.29) is 6.54 Å². The second-order valence-electron chi connectivity index (χ2n) is 6.90. The number of aliphatic hydroxyl groups is 2. The van der Waals surface area contributed by atoms with Gasteiger partial charge in [0, 0.05) is 18.8 Å². The van der Waals surface area contributed by atoms with Crippen LogP contribution in [0.2, 0.25) is 0 Å². The molecule has 0 bridgehead atoms. The maximum Gasteiger partial charge on any atom is 0.479 e. The molecule has 5 unspecified atom stereocenters. The summed E-state index contributed by atoms with van der Waals surface area (Å²) in [5.74, 6) is 0. The van der Waals surface area contributed by atoms with Crippen molar-refractivity contribution in [3.63, 3.8) is 0 Å². The van der Waals surface area contributed by atoms with Gasteiger partial charge in [0.2, 0.25) is 0 Å². The number of aryl methyl sites for hydroxylation is 1. The highest BCUT2D eigenvalue weighted by molar-refractivity contribution is 7.55. The van der Waals surface area contributed by atoms with E-state index in [0.717, 1.165) is 27.0 Å². The molecule has 0 radical (unpaired) electrons. The summed E-state index contributed by atoms with van der Waals surface area (Å²) in [5, 5.41) is 20.5. The molecule has 6 atom stereocenters. The molecule has 4 N–H and O–H groups in total. The molecule has 1 saturated heterocycles. The van der Waals surface area contributed by atoms with Crippen LogP contribution in [0.15, 0.2) is 52.2 Å². The van der Waals surface area contributed by atoms with Gasteiger partial charge < -0.3 is 24.7 Å². The second kappa shape index (κ2) is 10.3. The molecule has 13 nitrogen and oxygen atoms in total. The zero-order chi connectivity index (χ0) is 23.5. The fourth-order valence-corrected chi connectivity index (χ4v) is 4.54. The van der Waals surface area contributed by atoms with E-state index in [4.69, 9.17) is 9.63 Å². The lowest BCUT2D eigenvalue weighted by atomic mass is 10.1. The highest BCUT2D eigenvalue weighted by atomic mass is 31.2. The molecule has 32 heavy (non-hydrogen) atoms. The fourth-order valence-electron chi connectivity index (χ4n) is 3.21. The van der Waals surface area contributed by atoms with Crippen molar-refractivity contribution in [3.05, 3.63) is 69.0 Å². The Morgan fingerprint density at radius 2 is 1.81 bits per heavy atom. The minimum absolute atomic E-state index is 0.0613. The lowest BCUT2D eigenvalue weighted by molar-refractivity contribution is -0.0546. The van der Waals surface area contributed by atoms with Crippen molar-refractivity contribution in [2.75, 3.05) is 6.61 Å². The molecule has 1 fully saturated rings. The molecule has 3 rings (SSSR count). The first-order valence-electron chi connectivity index (χ1n) is 9.36. The number of phosphoric acid groups is 1. The summed E-state index contributed by atoms with van der Waals surface area (Å²) in [5.41, 5.74) is -0.450. The molecular formula is C17H22N2O11P2. The minimum atomic E-state index is -4.91. The van der Waals surface area contributed by atoms with Crippen LogP contribution in [0, 0.1) is 0 Å². The van der Waals surface area contributed by atoms with Crippen molar-refractivity contribution in [1.29, 1.82) is 0 Å². The SMILES string of the molecule is O=c1ccn(C2OC(COP(=O)(O)O[PH](=O)O)C(O)[C@@H]2O)c(=O)n1CCc1ccccc1. The fraction of sp³-hybridized carbons (Fsp3) is 0.412. The van der Waals surface area contributed by atoms with Crippen molar-refractivity contribution in [2.24, 2.45) is 0 Å². The Bertz CT molecular complexity index is 1120. The van der Waals surface area contributed by atoms with Gasteiger partial charge in [-0.2, -0.15) is 0 Å². The van der Waals surface area contributed by atoms with Crippen LogP contribution in [0.1, 0.15) is 11.8 Å². The predicted octanol–water partition coefficient (Wildman–Crippen LogP) is -0.613. The molecule has 0 aliphatic carbocycles. The highest BCUT2D eigenvalue weighted by Gasteiger charge is 2.45. The maximum atomic E-state index is 12.9. The quantitative estimate of drug-likeness (QED) is 0.327. The van der Waals surface area contributed by atoms with E-state index in [2.05, 4.69) is 8.83 Å². The average Bonchev–Trinajstić information content (AvgIpc) is 3.00. The normalized spacial score (nSPS) is 26.0. The first-order chi connectivity index (χ1) is 15.1. The zero-order valence-corrected chi connectivity index (χ0v) is 18.4. The smallest absolute Gasteiger partial charge is 0.387 e. The number of hydrogen-bond acceptors (Lipinski definition) is 9. The lowest BCUT2D eigenvalue weighted by Crippen LogP contribution is -2.43. The van der Waals surface area contributed by atoms with Crippen LogP contribution < -0.4 is 11.2 Å². The van der Waals surface area contributed by atoms with Crippen LogP contribution in [0.5, 0.6) is 0 Å². The summed E-state index contributed by atoms with van der Waals surface area (Å²) in [6.07, 6.45) is -4.58. The Hall–Kier alpha value is -1.92. The molecule has 0 saturated carbocycles. The van der Waals surface area contributed by atoms with Crippen molar-refractivity contribution in [1.82, 2.24) is 9.13 Å². The summed E-state index contributed by atoms with van der Waals surface area (Å²) < 4.78 is 37.8. The van der Waals surface area contributed by atoms with Crippen molar-refractivity contribution in [2.45, 2.75) is 37.5 Å². The topological polar surface area (TPSA) is 187 Å². The molecule has 1 aromatic carbocycles. The number of aliphatic hydroxyl groups excluding tert-OH is 2. The van der Waals surface area contributed by atoms with E-state index < -0.39 is 58.5 Å². The van der Waals surface area contributed by atoms with E-state index in [1.807, 2.05) is 30.3 Å². The summed E-state index contributed by atoms with van der Waals surface area (Å²) in [4.78, 5) is 43.0. The van der Waals surface area contributed by atoms with Crippen LogP contribution in [0.3, 0.4) is 0 Å². The molecule has 2 aromatic rings. The van der Waals surface area contributed by atoms with Gasteiger partial charge in [-0.25, -0.2) is 13.7 Å². The first kappa shape index (κ1) is 24.7. The Morgan fingerprint density at radius 1 is 1.12 bits per heavy atom. The van der Waals surface area contributed by atoms with E-state index in [9.17, 15) is 33.8 Å². The van der Waals surface area contributed by atoms with Gasteiger partial charge in [0.1, 0.15) is 18.3 Å². The third-order valence-electron chi connectivity index (χ3n) is 4.77. The number of aromatic nitrogens is 2. The largest absolute Gasteiger partial charge is 0.479 e. The summed E-state index contributed by atoms with van der Waals surface area (Å²) in [6, 6.07) is 10.3. The molecule has 176 valence electrons. The predicted molar refractivity (Wildman–Crippen MR) is 109 cm³/mol. The van der Waals surface area contributed by atoms with Gasteiger partial charge in [0.25, 0.3) is 5.56 Å². The van der Waals surface area contributed by atoms with Gasteiger partial charge in [-0.05, 0) is 12.0 Å². The molecule has 0 spiro atoms. The second-order valence-corrected chi connectivity index (χ2v) is 9.36. The van der Waals surface area contributed by atoms with Gasteiger partial charge in [0.05, 0.1) is 6.61 Å². The molecule has 1 aliphatic heterocycles. The molecular weight excluding hydrogens is 470 g/mol. The molecule has 1 aromatic heterocycles. The Labute approximate surface area is 181 Å². The number of benzene rings is 1. The molecule has 15 heteroatoms. The number of hydrogen-bond donors (Lipinski definition) is 4. The number of phosphoric ester groups is 1.